The van der Waals surface area contributed by atoms with E-state index in [0.29, 0.717) is 5.76 Å². The van der Waals surface area contributed by atoms with Gasteiger partial charge in [-0.05, 0) is 43.2 Å². The Morgan fingerprint density at radius 3 is 2.82 bits per heavy atom. The van der Waals surface area contributed by atoms with Crippen LogP contribution in [0, 0.1) is 13.8 Å². The van der Waals surface area contributed by atoms with Crippen molar-refractivity contribution in [2.24, 2.45) is 0 Å². The number of nitrogens with zero attached hydrogens (tertiary/aromatic N) is 2. The summed E-state index contributed by atoms with van der Waals surface area (Å²) in [5, 5.41) is 6.68. The number of pyridine rings is 1. The first-order valence-corrected chi connectivity index (χ1v) is 6.90. The average Bonchev–Trinajstić information content (AvgIpc) is 3.03. The smallest absolute Gasteiger partial charge is 0.277 e. The van der Waals surface area contributed by atoms with E-state index in [0.717, 1.165) is 22.4 Å². The van der Waals surface area contributed by atoms with Gasteiger partial charge in [0.25, 0.3) is 5.91 Å². The lowest BCUT2D eigenvalue weighted by Gasteiger charge is -2.08. The maximum absolute atomic E-state index is 12.3. The molecular weight excluding hydrogens is 278 g/mol. The molecule has 0 fully saturated rings. The number of hydrogen-bond donors (Lipinski definition) is 1. The van der Waals surface area contributed by atoms with Crippen LogP contribution >= 0.6 is 0 Å². The molecule has 0 atom stereocenters. The maximum Gasteiger partial charge on any atom is 0.277 e. The fourth-order valence-electron chi connectivity index (χ4n) is 2.10. The molecule has 0 bridgehead atoms. The van der Waals surface area contributed by atoms with Crippen LogP contribution < -0.4 is 5.32 Å². The molecule has 0 aliphatic rings. The molecule has 0 unspecified atom stereocenters. The SMILES string of the molecule is Cc1cccc(NC(=O)c2cc(-c3cccnc3)on2)c1C. The molecular formula is C17H15N3O2. The summed E-state index contributed by atoms with van der Waals surface area (Å²) >= 11 is 0. The third-order valence-electron chi connectivity index (χ3n) is 3.54. The van der Waals surface area contributed by atoms with Gasteiger partial charge in [-0.15, -0.1) is 0 Å². The molecule has 1 amide bonds. The molecule has 1 N–H and O–H groups in total. The van der Waals surface area contributed by atoms with Crippen LogP contribution in [0.15, 0.2) is 53.3 Å². The number of nitrogens with one attached hydrogen (secondary N) is 1. The van der Waals surface area contributed by atoms with Gasteiger partial charge in [0.05, 0.1) is 0 Å². The van der Waals surface area contributed by atoms with Gasteiger partial charge in [0.2, 0.25) is 0 Å². The van der Waals surface area contributed by atoms with Crippen LogP contribution in [0.25, 0.3) is 11.3 Å². The zero-order valence-electron chi connectivity index (χ0n) is 12.3. The summed E-state index contributed by atoms with van der Waals surface area (Å²) in [5.74, 6) is 0.215. The number of anilines is 1. The molecule has 0 saturated heterocycles. The van der Waals surface area contributed by atoms with Crippen molar-refractivity contribution in [2.45, 2.75) is 13.8 Å². The van der Waals surface area contributed by atoms with E-state index >= 15 is 0 Å². The first kappa shape index (κ1) is 14.0. The van der Waals surface area contributed by atoms with Crippen molar-refractivity contribution >= 4 is 11.6 Å². The lowest BCUT2D eigenvalue weighted by atomic mass is 10.1. The van der Waals surface area contributed by atoms with Crippen molar-refractivity contribution in [3.8, 4) is 11.3 Å². The van der Waals surface area contributed by atoms with Gasteiger partial charge in [-0.25, -0.2) is 0 Å². The van der Waals surface area contributed by atoms with E-state index in [2.05, 4.69) is 15.5 Å². The molecule has 0 radical (unpaired) electrons. The first-order valence-electron chi connectivity index (χ1n) is 6.90. The summed E-state index contributed by atoms with van der Waals surface area (Å²) in [6.07, 6.45) is 3.33. The van der Waals surface area contributed by atoms with Crippen LogP contribution in [0.1, 0.15) is 21.6 Å². The van der Waals surface area contributed by atoms with Crippen molar-refractivity contribution in [2.75, 3.05) is 5.32 Å². The molecule has 0 aliphatic heterocycles. The van der Waals surface area contributed by atoms with Crippen LogP contribution in [-0.4, -0.2) is 16.0 Å². The van der Waals surface area contributed by atoms with Crippen LogP contribution in [0.3, 0.4) is 0 Å². The predicted octanol–water partition coefficient (Wildman–Crippen LogP) is 3.61. The number of aryl methyl sites for hydroxylation is 1. The molecule has 0 saturated carbocycles. The fraction of sp³-hybridized carbons (Fsp3) is 0.118. The fourth-order valence-corrected chi connectivity index (χ4v) is 2.10. The van der Waals surface area contributed by atoms with E-state index < -0.39 is 0 Å². The summed E-state index contributed by atoms with van der Waals surface area (Å²) in [7, 11) is 0. The van der Waals surface area contributed by atoms with Gasteiger partial charge in [0.15, 0.2) is 11.5 Å². The topological polar surface area (TPSA) is 68.0 Å². The molecule has 22 heavy (non-hydrogen) atoms. The number of rotatable bonds is 3. The second-order valence-electron chi connectivity index (χ2n) is 5.02. The largest absolute Gasteiger partial charge is 0.355 e. The number of aromatic nitrogens is 2. The van der Waals surface area contributed by atoms with E-state index in [1.54, 1.807) is 24.5 Å². The van der Waals surface area contributed by atoms with Crippen molar-refractivity contribution in [3.63, 3.8) is 0 Å². The second kappa shape index (κ2) is 5.81. The van der Waals surface area contributed by atoms with E-state index in [-0.39, 0.29) is 11.6 Å². The maximum atomic E-state index is 12.3. The van der Waals surface area contributed by atoms with Gasteiger partial charge in [-0.2, -0.15) is 0 Å². The Morgan fingerprint density at radius 1 is 1.18 bits per heavy atom. The van der Waals surface area contributed by atoms with Crippen LogP contribution in [0.2, 0.25) is 0 Å². The van der Waals surface area contributed by atoms with Crippen LogP contribution in [0.5, 0.6) is 0 Å². The van der Waals surface area contributed by atoms with E-state index in [9.17, 15) is 4.79 Å². The Hall–Kier alpha value is -2.95. The highest BCUT2D eigenvalue weighted by molar-refractivity contribution is 6.03. The van der Waals surface area contributed by atoms with Crippen LogP contribution in [-0.2, 0) is 0 Å². The monoisotopic (exact) mass is 293 g/mol. The third-order valence-corrected chi connectivity index (χ3v) is 3.54. The van der Waals surface area contributed by atoms with E-state index in [4.69, 9.17) is 4.52 Å². The van der Waals surface area contributed by atoms with Crippen molar-refractivity contribution < 1.29 is 9.32 Å². The molecule has 0 aliphatic carbocycles. The van der Waals surface area contributed by atoms with Gasteiger partial charge in [-0.1, -0.05) is 17.3 Å². The molecule has 2 heterocycles. The molecule has 5 heteroatoms. The molecule has 1 aromatic carbocycles. The number of amides is 1. The molecule has 110 valence electrons. The molecule has 5 nitrogen and oxygen atoms in total. The Balaban J connectivity index is 1.82. The molecule has 3 rings (SSSR count). The van der Waals surface area contributed by atoms with Gasteiger partial charge >= 0.3 is 0 Å². The minimum atomic E-state index is -0.299. The minimum Gasteiger partial charge on any atom is -0.355 e. The first-order chi connectivity index (χ1) is 10.6. The highest BCUT2D eigenvalue weighted by atomic mass is 16.5. The van der Waals surface area contributed by atoms with Gasteiger partial charge in [0, 0.05) is 29.7 Å². The Morgan fingerprint density at radius 2 is 2.05 bits per heavy atom. The quantitative estimate of drug-likeness (QED) is 0.801. The highest BCUT2D eigenvalue weighted by Crippen LogP contribution is 2.21. The molecule has 3 aromatic rings. The molecule has 0 spiro atoms. The zero-order chi connectivity index (χ0) is 15.5. The lowest BCUT2D eigenvalue weighted by molar-refractivity contribution is 0.101. The van der Waals surface area contributed by atoms with E-state index in [1.165, 1.54) is 0 Å². The number of benzene rings is 1. The number of carbonyl (C=O) groups excluding carboxylic acids is 1. The Kier molecular flexibility index (Phi) is 3.70. The van der Waals surface area contributed by atoms with Crippen molar-refractivity contribution in [3.05, 3.63) is 65.6 Å². The van der Waals surface area contributed by atoms with Crippen LogP contribution in [0.4, 0.5) is 5.69 Å². The van der Waals surface area contributed by atoms with Crippen molar-refractivity contribution in [1.29, 1.82) is 0 Å². The van der Waals surface area contributed by atoms with Gasteiger partial charge in [-0.3, -0.25) is 9.78 Å². The second-order valence-corrected chi connectivity index (χ2v) is 5.02. The zero-order valence-corrected chi connectivity index (χ0v) is 12.3. The van der Waals surface area contributed by atoms with Gasteiger partial charge < -0.3 is 9.84 Å². The number of carbonyl (C=O) groups is 1. The number of hydrogen-bond acceptors (Lipinski definition) is 4. The average molecular weight is 293 g/mol. The normalized spacial score (nSPS) is 10.5. The van der Waals surface area contributed by atoms with Gasteiger partial charge in [0.1, 0.15) is 0 Å². The standard InChI is InChI=1S/C17H15N3O2/c1-11-5-3-7-14(12(11)2)19-17(21)15-9-16(22-20-15)13-6-4-8-18-10-13/h3-10H,1-2H3,(H,19,21). The summed E-state index contributed by atoms with van der Waals surface area (Å²) in [4.78, 5) is 16.3. The van der Waals surface area contributed by atoms with Crippen molar-refractivity contribution in [1.82, 2.24) is 10.1 Å². The predicted molar refractivity (Wildman–Crippen MR) is 83.6 cm³/mol. The Labute approximate surface area is 128 Å². The highest BCUT2D eigenvalue weighted by Gasteiger charge is 2.15. The third kappa shape index (κ3) is 2.74. The summed E-state index contributed by atoms with van der Waals surface area (Å²) in [5.41, 5.74) is 3.94. The summed E-state index contributed by atoms with van der Waals surface area (Å²) in [6.45, 7) is 3.97. The molecule has 2 aromatic heterocycles. The van der Waals surface area contributed by atoms with E-state index in [1.807, 2.05) is 38.1 Å². The minimum absolute atomic E-state index is 0.236. The summed E-state index contributed by atoms with van der Waals surface area (Å²) in [6, 6.07) is 11.0. The Bertz CT molecular complexity index is 810. The summed E-state index contributed by atoms with van der Waals surface area (Å²) < 4.78 is 5.21. The lowest BCUT2D eigenvalue weighted by Crippen LogP contribution is -2.13.